The topological polar surface area (TPSA) is 56.0 Å². The van der Waals surface area contributed by atoms with E-state index < -0.39 is 0 Å². The van der Waals surface area contributed by atoms with Gasteiger partial charge in [-0.15, -0.1) is 5.10 Å². The van der Waals surface area contributed by atoms with Crippen molar-refractivity contribution in [2.24, 2.45) is 12.0 Å². The Balaban J connectivity index is 1.82. The van der Waals surface area contributed by atoms with Gasteiger partial charge in [0.25, 0.3) is 0 Å². The lowest BCUT2D eigenvalue weighted by atomic mass is 10.3. The lowest BCUT2D eigenvalue weighted by Gasteiger charge is -1.94. The van der Waals surface area contributed by atoms with Crippen LogP contribution in [0.3, 0.4) is 0 Å². The highest BCUT2D eigenvalue weighted by molar-refractivity contribution is 5.76. The Morgan fingerprint density at radius 3 is 3.06 bits per heavy atom. The summed E-state index contributed by atoms with van der Waals surface area (Å²) in [6, 6.07) is 5.89. The Morgan fingerprint density at radius 2 is 2.38 bits per heavy atom. The maximum atomic E-state index is 4.27. The van der Waals surface area contributed by atoms with E-state index in [1.165, 1.54) is 0 Å². The summed E-state index contributed by atoms with van der Waals surface area (Å²) in [5, 5.41) is 7.72. The van der Waals surface area contributed by atoms with Crippen LogP contribution in [0.15, 0.2) is 35.6 Å². The largest absolute Gasteiger partial charge is 0.290 e. The average Bonchev–Trinajstić information content (AvgIpc) is 2.72. The summed E-state index contributed by atoms with van der Waals surface area (Å²) in [6.07, 6.45) is 6.19. The molecule has 0 saturated carbocycles. The van der Waals surface area contributed by atoms with E-state index in [1.807, 2.05) is 31.4 Å². The lowest BCUT2D eigenvalue weighted by molar-refractivity contribution is 0.714. The Hall–Kier alpha value is -2.04. The summed E-state index contributed by atoms with van der Waals surface area (Å²) < 4.78 is 1.65. The molecule has 82 valence electrons. The second kappa shape index (κ2) is 5.16. The molecule has 0 spiro atoms. The molecule has 2 rings (SSSR count). The van der Waals surface area contributed by atoms with Gasteiger partial charge in [0.1, 0.15) is 5.69 Å². The van der Waals surface area contributed by atoms with E-state index in [9.17, 15) is 0 Å². The Labute approximate surface area is 93.9 Å². The number of aromatic nitrogens is 4. The van der Waals surface area contributed by atoms with Crippen LogP contribution in [-0.4, -0.2) is 32.7 Å². The molecule has 0 atom stereocenters. The molecule has 2 heterocycles. The summed E-state index contributed by atoms with van der Waals surface area (Å²) in [4.78, 5) is 8.49. The highest BCUT2D eigenvalue weighted by Crippen LogP contribution is 1.95. The third kappa shape index (κ3) is 2.98. The Kier molecular flexibility index (Phi) is 3.38. The van der Waals surface area contributed by atoms with Crippen LogP contribution in [0.5, 0.6) is 0 Å². The molecule has 0 saturated heterocycles. The van der Waals surface area contributed by atoms with Crippen LogP contribution in [0.1, 0.15) is 11.4 Å². The van der Waals surface area contributed by atoms with E-state index in [2.05, 4.69) is 20.3 Å². The molecule has 0 radical (unpaired) electrons. The summed E-state index contributed by atoms with van der Waals surface area (Å²) in [7, 11) is 1.83. The summed E-state index contributed by atoms with van der Waals surface area (Å²) >= 11 is 0. The van der Waals surface area contributed by atoms with Gasteiger partial charge in [-0.05, 0) is 12.1 Å². The van der Waals surface area contributed by atoms with Crippen molar-refractivity contribution in [1.29, 1.82) is 0 Å². The molecule has 2 aromatic rings. The molecule has 0 aliphatic rings. The van der Waals surface area contributed by atoms with Gasteiger partial charge < -0.3 is 0 Å². The van der Waals surface area contributed by atoms with Gasteiger partial charge in [0.05, 0.1) is 12.4 Å². The van der Waals surface area contributed by atoms with Crippen LogP contribution in [0.2, 0.25) is 0 Å². The van der Waals surface area contributed by atoms with Crippen LogP contribution in [0.4, 0.5) is 0 Å². The molecule has 0 fully saturated rings. The zero-order valence-electron chi connectivity index (χ0n) is 9.11. The molecule has 0 unspecified atom stereocenters. The third-order valence-corrected chi connectivity index (χ3v) is 2.07. The van der Waals surface area contributed by atoms with Crippen molar-refractivity contribution in [3.8, 4) is 0 Å². The molecule has 16 heavy (non-hydrogen) atoms. The second-order valence-electron chi connectivity index (χ2n) is 3.42. The fraction of sp³-hybridized carbons (Fsp3) is 0.273. The number of nitrogens with zero attached hydrogens (tertiary/aromatic N) is 5. The molecule has 2 aromatic heterocycles. The van der Waals surface area contributed by atoms with E-state index in [1.54, 1.807) is 17.1 Å². The van der Waals surface area contributed by atoms with Crippen LogP contribution in [-0.2, 0) is 13.5 Å². The molecule has 0 amide bonds. The molecule has 0 aliphatic heterocycles. The Bertz CT molecular complexity index is 460. The first-order chi connectivity index (χ1) is 7.84. The first kappa shape index (κ1) is 10.5. The highest BCUT2D eigenvalue weighted by Gasteiger charge is 1.93. The quantitative estimate of drug-likeness (QED) is 0.711. The molecular weight excluding hydrogens is 202 g/mol. The monoisotopic (exact) mass is 215 g/mol. The van der Waals surface area contributed by atoms with Crippen molar-refractivity contribution in [1.82, 2.24) is 20.0 Å². The average molecular weight is 215 g/mol. The van der Waals surface area contributed by atoms with Crippen molar-refractivity contribution < 1.29 is 0 Å². The third-order valence-electron chi connectivity index (χ3n) is 2.07. The SMILES string of the molecule is Cn1cc(C=NCCc2ccccn2)nn1. The zero-order valence-corrected chi connectivity index (χ0v) is 9.11. The molecule has 5 heteroatoms. The summed E-state index contributed by atoms with van der Waals surface area (Å²) in [5.74, 6) is 0. The molecular formula is C11H13N5. The van der Waals surface area contributed by atoms with E-state index in [0.29, 0.717) is 6.54 Å². The van der Waals surface area contributed by atoms with Gasteiger partial charge in [0.2, 0.25) is 0 Å². The minimum absolute atomic E-state index is 0.716. The summed E-state index contributed by atoms with van der Waals surface area (Å²) in [6.45, 7) is 0.716. The highest BCUT2D eigenvalue weighted by atomic mass is 15.4. The summed E-state index contributed by atoms with van der Waals surface area (Å²) in [5.41, 5.74) is 1.84. The first-order valence-corrected chi connectivity index (χ1v) is 5.10. The zero-order chi connectivity index (χ0) is 11.2. The molecule has 0 bridgehead atoms. The van der Waals surface area contributed by atoms with Crippen molar-refractivity contribution in [2.75, 3.05) is 6.54 Å². The van der Waals surface area contributed by atoms with Crippen molar-refractivity contribution >= 4 is 6.21 Å². The van der Waals surface area contributed by atoms with Gasteiger partial charge in [0, 0.05) is 31.9 Å². The van der Waals surface area contributed by atoms with Crippen LogP contribution in [0, 0.1) is 0 Å². The van der Waals surface area contributed by atoms with Gasteiger partial charge in [-0.2, -0.15) is 0 Å². The van der Waals surface area contributed by atoms with Gasteiger partial charge in [-0.1, -0.05) is 11.3 Å². The van der Waals surface area contributed by atoms with Crippen molar-refractivity contribution in [3.63, 3.8) is 0 Å². The molecule has 0 aromatic carbocycles. The lowest BCUT2D eigenvalue weighted by Crippen LogP contribution is -1.93. The predicted octanol–water partition coefficient (Wildman–Crippen LogP) is 0.872. The van der Waals surface area contributed by atoms with E-state index in [4.69, 9.17) is 0 Å². The normalized spacial score (nSPS) is 11.1. The fourth-order valence-electron chi connectivity index (χ4n) is 1.31. The van der Waals surface area contributed by atoms with Crippen LogP contribution < -0.4 is 0 Å². The number of hydrogen-bond acceptors (Lipinski definition) is 4. The van der Waals surface area contributed by atoms with E-state index in [-0.39, 0.29) is 0 Å². The predicted molar refractivity (Wildman–Crippen MR) is 61.4 cm³/mol. The fourth-order valence-corrected chi connectivity index (χ4v) is 1.31. The number of hydrogen-bond donors (Lipinski definition) is 0. The van der Waals surface area contributed by atoms with Crippen LogP contribution in [0.25, 0.3) is 0 Å². The van der Waals surface area contributed by atoms with Crippen molar-refractivity contribution in [3.05, 3.63) is 42.0 Å². The van der Waals surface area contributed by atoms with Gasteiger partial charge in [-0.25, -0.2) is 0 Å². The minimum atomic E-state index is 0.716. The number of pyridine rings is 1. The Morgan fingerprint density at radius 1 is 1.44 bits per heavy atom. The number of aliphatic imine (C=N–C) groups is 1. The maximum Gasteiger partial charge on any atom is 0.123 e. The minimum Gasteiger partial charge on any atom is -0.290 e. The van der Waals surface area contributed by atoms with Gasteiger partial charge in [0.15, 0.2) is 0 Å². The van der Waals surface area contributed by atoms with Crippen molar-refractivity contribution in [2.45, 2.75) is 6.42 Å². The number of rotatable bonds is 4. The van der Waals surface area contributed by atoms with Gasteiger partial charge >= 0.3 is 0 Å². The van der Waals surface area contributed by atoms with E-state index in [0.717, 1.165) is 17.8 Å². The second-order valence-corrected chi connectivity index (χ2v) is 3.42. The first-order valence-electron chi connectivity index (χ1n) is 5.10. The number of aryl methyl sites for hydroxylation is 1. The van der Waals surface area contributed by atoms with Gasteiger partial charge in [-0.3, -0.25) is 14.7 Å². The maximum absolute atomic E-state index is 4.27. The van der Waals surface area contributed by atoms with E-state index >= 15 is 0 Å². The standard InChI is InChI=1S/C11H13N5/c1-16-9-11(14-15-16)8-12-7-5-10-4-2-3-6-13-10/h2-4,6,8-9H,5,7H2,1H3. The van der Waals surface area contributed by atoms with Crippen LogP contribution >= 0.6 is 0 Å². The molecule has 5 nitrogen and oxygen atoms in total. The molecule has 0 N–H and O–H groups in total. The molecule has 0 aliphatic carbocycles. The smallest absolute Gasteiger partial charge is 0.123 e.